The van der Waals surface area contributed by atoms with Crippen molar-refractivity contribution >= 4 is 12.3 Å². The molecule has 0 fully saturated rings. The van der Waals surface area contributed by atoms with Crippen LogP contribution in [0.3, 0.4) is 0 Å². The van der Waals surface area contributed by atoms with Gasteiger partial charge in [-0.05, 0) is 19.1 Å². The Labute approximate surface area is 82.7 Å². The average Bonchev–Trinajstić information content (AvgIpc) is 2.19. The van der Waals surface area contributed by atoms with E-state index in [1.165, 1.54) is 0 Å². The van der Waals surface area contributed by atoms with Crippen LogP contribution in [0, 0.1) is 0 Å². The second-order valence-corrected chi connectivity index (χ2v) is 2.98. The fraction of sp³-hybridized carbons (Fsp3) is 0.273. The summed E-state index contributed by atoms with van der Waals surface area (Å²) in [6.45, 7) is 1.69. The zero-order chi connectivity index (χ0) is 10.4. The second kappa shape index (κ2) is 5.17. The highest BCUT2D eigenvalue weighted by atomic mass is 16.5. The van der Waals surface area contributed by atoms with Gasteiger partial charge in [-0.2, -0.15) is 0 Å². The number of aldehydes is 1. The van der Waals surface area contributed by atoms with Gasteiger partial charge in [-0.25, -0.2) is 4.79 Å². The summed E-state index contributed by atoms with van der Waals surface area (Å²) in [5, 5.41) is 0. The SMILES string of the molecule is CC(CC=O)OC(=O)c1ccccc1. The number of hydrogen-bond donors (Lipinski definition) is 0. The fourth-order valence-corrected chi connectivity index (χ4v) is 1.01. The first-order valence-corrected chi connectivity index (χ1v) is 4.43. The predicted molar refractivity (Wildman–Crippen MR) is 52.0 cm³/mol. The largest absolute Gasteiger partial charge is 0.459 e. The topological polar surface area (TPSA) is 43.4 Å². The second-order valence-electron chi connectivity index (χ2n) is 2.98. The van der Waals surface area contributed by atoms with E-state index in [4.69, 9.17) is 4.74 Å². The molecule has 0 heterocycles. The lowest BCUT2D eigenvalue weighted by Gasteiger charge is -2.09. The van der Waals surface area contributed by atoms with Gasteiger partial charge in [-0.15, -0.1) is 0 Å². The molecule has 1 rings (SSSR count). The molecule has 0 aromatic heterocycles. The summed E-state index contributed by atoms with van der Waals surface area (Å²) in [5.41, 5.74) is 0.505. The number of ether oxygens (including phenoxy) is 1. The van der Waals surface area contributed by atoms with Gasteiger partial charge in [-0.1, -0.05) is 18.2 Å². The molecule has 0 radical (unpaired) electrons. The first-order valence-electron chi connectivity index (χ1n) is 4.43. The van der Waals surface area contributed by atoms with E-state index in [0.717, 1.165) is 6.29 Å². The Morgan fingerprint density at radius 1 is 1.43 bits per heavy atom. The lowest BCUT2D eigenvalue weighted by atomic mass is 10.2. The Morgan fingerprint density at radius 3 is 2.64 bits per heavy atom. The maximum Gasteiger partial charge on any atom is 0.338 e. The highest BCUT2D eigenvalue weighted by molar-refractivity contribution is 5.89. The first-order chi connectivity index (χ1) is 6.74. The van der Waals surface area contributed by atoms with Gasteiger partial charge >= 0.3 is 5.97 Å². The van der Waals surface area contributed by atoms with Crippen molar-refractivity contribution in [3.63, 3.8) is 0 Å². The summed E-state index contributed by atoms with van der Waals surface area (Å²) in [7, 11) is 0. The van der Waals surface area contributed by atoms with Crippen molar-refractivity contribution in [2.24, 2.45) is 0 Å². The molecule has 3 heteroatoms. The minimum atomic E-state index is -0.389. The van der Waals surface area contributed by atoms with Crippen molar-refractivity contribution in [3.8, 4) is 0 Å². The Bertz CT molecular complexity index is 306. The quantitative estimate of drug-likeness (QED) is 0.540. The van der Waals surface area contributed by atoms with E-state index in [1.54, 1.807) is 31.2 Å². The molecule has 0 spiro atoms. The van der Waals surface area contributed by atoms with Crippen LogP contribution in [0.4, 0.5) is 0 Å². The Kier molecular flexibility index (Phi) is 3.85. The molecular formula is C11H12O3. The minimum Gasteiger partial charge on any atom is -0.459 e. The van der Waals surface area contributed by atoms with E-state index in [0.29, 0.717) is 5.56 Å². The van der Waals surface area contributed by atoms with Crippen LogP contribution in [-0.4, -0.2) is 18.4 Å². The number of rotatable bonds is 4. The number of carbonyl (C=O) groups excluding carboxylic acids is 2. The maximum absolute atomic E-state index is 11.4. The lowest BCUT2D eigenvalue weighted by Crippen LogP contribution is -2.15. The molecule has 0 N–H and O–H groups in total. The van der Waals surface area contributed by atoms with Crippen LogP contribution in [0.15, 0.2) is 30.3 Å². The van der Waals surface area contributed by atoms with E-state index in [2.05, 4.69) is 0 Å². The molecule has 0 aliphatic heterocycles. The lowest BCUT2D eigenvalue weighted by molar-refractivity contribution is -0.109. The number of hydrogen-bond acceptors (Lipinski definition) is 3. The van der Waals surface area contributed by atoms with Gasteiger partial charge in [-0.3, -0.25) is 0 Å². The molecule has 1 aromatic carbocycles. The molecule has 14 heavy (non-hydrogen) atoms. The standard InChI is InChI=1S/C11H12O3/c1-9(7-8-12)14-11(13)10-5-3-2-4-6-10/h2-6,8-9H,7H2,1H3. The number of benzene rings is 1. The molecule has 1 aromatic rings. The normalized spacial score (nSPS) is 11.8. The maximum atomic E-state index is 11.4. The highest BCUT2D eigenvalue weighted by Crippen LogP contribution is 2.04. The van der Waals surface area contributed by atoms with Gasteiger partial charge < -0.3 is 9.53 Å². The van der Waals surface area contributed by atoms with Crippen LogP contribution >= 0.6 is 0 Å². The zero-order valence-electron chi connectivity index (χ0n) is 7.97. The fourth-order valence-electron chi connectivity index (χ4n) is 1.01. The van der Waals surface area contributed by atoms with Gasteiger partial charge in [0, 0.05) is 6.42 Å². The summed E-state index contributed by atoms with van der Waals surface area (Å²) in [4.78, 5) is 21.5. The molecule has 0 aliphatic rings. The minimum absolute atomic E-state index is 0.235. The molecular weight excluding hydrogens is 180 g/mol. The molecule has 3 nitrogen and oxygen atoms in total. The third-order valence-electron chi connectivity index (χ3n) is 1.75. The number of esters is 1. The van der Waals surface area contributed by atoms with Crippen LogP contribution in [0.25, 0.3) is 0 Å². The number of carbonyl (C=O) groups is 2. The van der Waals surface area contributed by atoms with Gasteiger partial charge in [0.15, 0.2) is 0 Å². The molecule has 0 bridgehead atoms. The summed E-state index contributed by atoms with van der Waals surface area (Å²) >= 11 is 0. The van der Waals surface area contributed by atoms with Gasteiger partial charge in [0.25, 0.3) is 0 Å². The van der Waals surface area contributed by atoms with Gasteiger partial charge in [0.1, 0.15) is 12.4 Å². The summed E-state index contributed by atoms with van der Waals surface area (Å²) in [6.07, 6.45) is 0.613. The highest BCUT2D eigenvalue weighted by Gasteiger charge is 2.10. The van der Waals surface area contributed by atoms with Crippen LogP contribution in [-0.2, 0) is 9.53 Å². The molecule has 1 atom stereocenters. The molecule has 0 saturated heterocycles. The monoisotopic (exact) mass is 192 g/mol. The summed E-state index contributed by atoms with van der Waals surface area (Å²) in [6, 6.07) is 8.71. The first kappa shape index (κ1) is 10.4. The van der Waals surface area contributed by atoms with E-state index < -0.39 is 0 Å². The van der Waals surface area contributed by atoms with E-state index >= 15 is 0 Å². The van der Waals surface area contributed by atoms with E-state index in [9.17, 15) is 9.59 Å². The third-order valence-corrected chi connectivity index (χ3v) is 1.75. The van der Waals surface area contributed by atoms with Gasteiger partial charge in [0.05, 0.1) is 5.56 Å². The molecule has 1 unspecified atom stereocenters. The molecule has 0 aliphatic carbocycles. The predicted octanol–water partition coefficient (Wildman–Crippen LogP) is 1.82. The van der Waals surface area contributed by atoms with Crippen LogP contribution in [0.2, 0.25) is 0 Å². The van der Waals surface area contributed by atoms with Crippen molar-refractivity contribution in [3.05, 3.63) is 35.9 Å². The third kappa shape index (κ3) is 3.01. The average molecular weight is 192 g/mol. The Balaban J connectivity index is 2.55. The van der Waals surface area contributed by atoms with Crippen molar-refractivity contribution in [2.75, 3.05) is 0 Å². The Morgan fingerprint density at radius 2 is 2.07 bits per heavy atom. The van der Waals surface area contributed by atoms with Crippen molar-refractivity contribution in [2.45, 2.75) is 19.4 Å². The molecule has 0 saturated carbocycles. The van der Waals surface area contributed by atoms with Crippen molar-refractivity contribution < 1.29 is 14.3 Å². The van der Waals surface area contributed by atoms with Gasteiger partial charge in [0.2, 0.25) is 0 Å². The van der Waals surface area contributed by atoms with Crippen molar-refractivity contribution in [1.29, 1.82) is 0 Å². The van der Waals surface area contributed by atoms with Crippen molar-refractivity contribution in [1.82, 2.24) is 0 Å². The van der Waals surface area contributed by atoms with Crippen LogP contribution < -0.4 is 0 Å². The van der Waals surface area contributed by atoms with E-state index in [1.807, 2.05) is 6.07 Å². The van der Waals surface area contributed by atoms with Crippen LogP contribution in [0.1, 0.15) is 23.7 Å². The van der Waals surface area contributed by atoms with Crippen LogP contribution in [0.5, 0.6) is 0 Å². The summed E-state index contributed by atoms with van der Waals surface area (Å²) < 4.78 is 5.01. The molecule has 0 amide bonds. The molecule has 74 valence electrons. The zero-order valence-corrected chi connectivity index (χ0v) is 7.97. The smallest absolute Gasteiger partial charge is 0.338 e. The Hall–Kier alpha value is -1.64. The summed E-state index contributed by atoms with van der Waals surface area (Å²) in [5.74, 6) is -0.389. The van der Waals surface area contributed by atoms with E-state index in [-0.39, 0.29) is 18.5 Å².